The van der Waals surface area contributed by atoms with Crippen LogP contribution in [0, 0.1) is 5.82 Å². The lowest BCUT2D eigenvalue weighted by Gasteiger charge is -2.20. The zero-order chi connectivity index (χ0) is 14.2. The van der Waals surface area contributed by atoms with E-state index in [1.165, 1.54) is 11.8 Å². The number of aliphatic imine (C=N–C) groups is 1. The van der Waals surface area contributed by atoms with Crippen molar-refractivity contribution >= 4 is 34.2 Å². The molecule has 0 unspecified atom stereocenters. The van der Waals surface area contributed by atoms with Crippen LogP contribution in [0.2, 0.25) is 5.02 Å². The van der Waals surface area contributed by atoms with E-state index in [1.807, 2.05) is 0 Å². The van der Waals surface area contributed by atoms with Gasteiger partial charge >= 0.3 is 6.18 Å². The molecule has 0 aromatic heterocycles. The number of benzene rings is 1. The van der Waals surface area contributed by atoms with E-state index in [0.29, 0.717) is 29.6 Å². The van der Waals surface area contributed by atoms with E-state index in [0.717, 1.165) is 5.01 Å². The highest BCUT2D eigenvalue weighted by Gasteiger charge is 2.33. The van der Waals surface area contributed by atoms with Crippen LogP contribution in [0.4, 0.5) is 23.2 Å². The van der Waals surface area contributed by atoms with Crippen molar-refractivity contribution < 1.29 is 17.6 Å². The molecule has 0 radical (unpaired) electrons. The maximum Gasteiger partial charge on any atom is 0.416 e. The van der Waals surface area contributed by atoms with Crippen molar-refractivity contribution in [3.63, 3.8) is 0 Å². The van der Waals surface area contributed by atoms with Crippen LogP contribution in [0.3, 0.4) is 0 Å². The first-order chi connectivity index (χ1) is 8.80. The number of nitrogens with two attached hydrogens (primary N) is 1. The normalized spacial score (nSPS) is 15.6. The summed E-state index contributed by atoms with van der Waals surface area (Å²) in [6.45, 7) is 0.521. The summed E-state index contributed by atoms with van der Waals surface area (Å²) in [6, 6.07) is 1.00. The topological polar surface area (TPSA) is 41.6 Å². The summed E-state index contributed by atoms with van der Waals surface area (Å²) in [5.74, 6) is 5.18. The van der Waals surface area contributed by atoms with Gasteiger partial charge in [0.2, 0.25) is 0 Å². The Morgan fingerprint density at radius 3 is 2.53 bits per heavy atom. The summed E-state index contributed by atoms with van der Waals surface area (Å²) in [6.07, 6.45) is -4.66. The molecular weight excluding hydrogens is 306 g/mol. The Bertz CT molecular complexity index is 509. The number of hydrogen-bond donors (Lipinski definition) is 1. The minimum atomic E-state index is -4.66. The van der Waals surface area contributed by atoms with E-state index < -0.39 is 22.6 Å². The predicted octanol–water partition coefficient (Wildman–Crippen LogP) is 3.28. The van der Waals surface area contributed by atoms with Gasteiger partial charge in [-0.3, -0.25) is 10.0 Å². The number of hydrogen-bond acceptors (Lipinski definition) is 4. The maximum absolute atomic E-state index is 13.8. The van der Waals surface area contributed by atoms with Crippen LogP contribution in [0.25, 0.3) is 0 Å². The zero-order valence-electron chi connectivity index (χ0n) is 9.34. The summed E-state index contributed by atoms with van der Waals surface area (Å²) in [7, 11) is 0. The standard InChI is InChI=1S/C10H8ClF4N3S/c11-6-3-5(10(13,14)15)4-7(12)8(6)18(16)9-17-1-2-19-9/h3-4H,1-2,16H2. The molecule has 1 aromatic rings. The molecule has 2 N–H and O–H groups in total. The molecule has 0 spiro atoms. The van der Waals surface area contributed by atoms with Gasteiger partial charge in [0.25, 0.3) is 0 Å². The predicted molar refractivity (Wildman–Crippen MR) is 67.8 cm³/mol. The van der Waals surface area contributed by atoms with Gasteiger partial charge in [0.05, 0.1) is 17.1 Å². The molecule has 0 atom stereocenters. The second-order valence-corrected chi connectivity index (χ2v) is 5.14. The third kappa shape index (κ3) is 2.96. The van der Waals surface area contributed by atoms with Gasteiger partial charge < -0.3 is 0 Å². The number of thioether (sulfide) groups is 1. The van der Waals surface area contributed by atoms with Gasteiger partial charge in [-0.15, -0.1) is 0 Å². The van der Waals surface area contributed by atoms with Crippen molar-refractivity contribution in [2.75, 3.05) is 17.3 Å². The number of anilines is 1. The molecule has 0 saturated carbocycles. The number of halogens is 5. The van der Waals surface area contributed by atoms with Crippen molar-refractivity contribution in [1.82, 2.24) is 0 Å². The van der Waals surface area contributed by atoms with Gasteiger partial charge in [0.15, 0.2) is 11.0 Å². The Morgan fingerprint density at radius 1 is 1.37 bits per heavy atom. The summed E-state index contributed by atoms with van der Waals surface area (Å²) >= 11 is 6.96. The molecule has 19 heavy (non-hydrogen) atoms. The second kappa shape index (κ2) is 5.18. The lowest BCUT2D eigenvalue weighted by atomic mass is 10.2. The van der Waals surface area contributed by atoms with Crippen LogP contribution < -0.4 is 10.9 Å². The van der Waals surface area contributed by atoms with E-state index in [2.05, 4.69) is 4.99 Å². The fourth-order valence-electron chi connectivity index (χ4n) is 1.52. The average molecular weight is 314 g/mol. The highest BCUT2D eigenvalue weighted by molar-refractivity contribution is 8.14. The van der Waals surface area contributed by atoms with Crippen LogP contribution in [0.1, 0.15) is 5.56 Å². The molecule has 1 aliphatic rings. The Morgan fingerprint density at radius 2 is 2.05 bits per heavy atom. The molecule has 104 valence electrons. The van der Waals surface area contributed by atoms with Crippen molar-refractivity contribution in [1.29, 1.82) is 0 Å². The molecular formula is C10H8ClF4N3S. The number of rotatable bonds is 1. The molecule has 0 saturated heterocycles. The van der Waals surface area contributed by atoms with Gasteiger partial charge in [0.1, 0.15) is 5.69 Å². The first kappa shape index (κ1) is 14.4. The minimum Gasteiger partial charge on any atom is -0.260 e. The Balaban J connectivity index is 2.42. The smallest absolute Gasteiger partial charge is 0.260 e. The van der Waals surface area contributed by atoms with Crippen molar-refractivity contribution in [2.24, 2.45) is 10.8 Å². The first-order valence-corrected chi connectivity index (χ1v) is 6.45. The lowest BCUT2D eigenvalue weighted by molar-refractivity contribution is -0.137. The summed E-state index contributed by atoms with van der Waals surface area (Å²) in [5.41, 5.74) is -1.48. The monoisotopic (exact) mass is 313 g/mol. The fourth-order valence-corrected chi connectivity index (χ4v) is 2.60. The van der Waals surface area contributed by atoms with Crippen molar-refractivity contribution in [3.8, 4) is 0 Å². The van der Waals surface area contributed by atoms with Gasteiger partial charge in [-0.2, -0.15) is 13.2 Å². The highest BCUT2D eigenvalue weighted by Crippen LogP contribution is 2.37. The van der Waals surface area contributed by atoms with E-state index >= 15 is 0 Å². The van der Waals surface area contributed by atoms with Crippen LogP contribution in [-0.4, -0.2) is 17.5 Å². The molecule has 9 heteroatoms. The number of amidine groups is 1. The number of hydrazine groups is 1. The van der Waals surface area contributed by atoms with Crippen molar-refractivity contribution in [2.45, 2.75) is 6.18 Å². The van der Waals surface area contributed by atoms with Crippen LogP contribution in [-0.2, 0) is 6.18 Å². The molecule has 2 rings (SSSR count). The molecule has 1 aromatic carbocycles. The van der Waals surface area contributed by atoms with Gasteiger partial charge in [0, 0.05) is 5.75 Å². The third-order valence-electron chi connectivity index (χ3n) is 2.36. The Kier molecular flexibility index (Phi) is 3.93. The van der Waals surface area contributed by atoms with Crippen LogP contribution in [0.15, 0.2) is 17.1 Å². The minimum absolute atomic E-state index is 0.317. The van der Waals surface area contributed by atoms with E-state index in [4.69, 9.17) is 17.4 Å². The highest BCUT2D eigenvalue weighted by atomic mass is 35.5. The summed E-state index contributed by atoms with van der Waals surface area (Å²) < 4.78 is 51.2. The SMILES string of the molecule is NN(C1=NCCS1)c1c(F)cc(C(F)(F)F)cc1Cl. The summed E-state index contributed by atoms with van der Waals surface area (Å²) in [4.78, 5) is 4.00. The quantitative estimate of drug-likeness (QED) is 0.491. The fraction of sp³-hybridized carbons (Fsp3) is 0.300. The van der Waals surface area contributed by atoms with E-state index in [9.17, 15) is 17.6 Å². The van der Waals surface area contributed by atoms with Gasteiger partial charge in [-0.25, -0.2) is 10.2 Å². The summed E-state index contributed by atoms with van der Waals surface area (Å²) in [5, 5.41) is 0.778. The molecule has 1 aliphatic heterocycles. The van der Waals surface area contributed by atoms with Crippen LogP contribution in [0.5, 0.6) is 0 Å². The molecule has 0 aliphatic carbocycles. The molecule has 0 amide bonds. The second-order valence-electron chi connectivity index (χ2n) is 3.67. The molecule has 0 bridgehead atoms. The first-order valence-electron chi connectivity index (χ1n) is 5.09. The number of alkyl halides is 3. The van der Waals surface area contributed by atoms with Crippen LogP contribution >= 0.6 is 23.4 Å². The van der Waals surface area contributed by atoms with Gasteiger partial charge in [-0.05, 0) is 12.1 Å². The number of nitrogens with zero attached hydrogens (tertiary/aromatic N) is 2. The molecule has 1 heterocycles. The van der Waals surface area contributed by atoms with E-state index in [-0.39, 0.29) is 5.69 Å². The maximum atomic E-state index is 13.8. The zero-order valence-corrected chi connectivity index (χ0v) is 10.9. The van der Waals surface area contributed by atoms with E-state index in [1.54, 1.807) is 0 Å². The Labute approximate surface area is 115 Å². The third-order valence-corrected chi connectivity index (χ3v) is 3.62. The Hall–Kier alpha value is -0.990. The molecule has 3 nitrogen and oxygen atoms in total. The lowest BCUT2D eigenvalue weighted by Crippen LogP contribution is -2.36. The van der Waals surface area contributed by atoms with Crippen molar-refractivity contribution in [3.05, 3.63) is 28.5 Å². The molecule has 0 fully saturated rings. The largest absolute Gasteiger partial charge is 0.416 e. The average Bonchev–Trinajstić information content (AvgIpc) is 2.79. The van der Waals surface area contributed by atoms with Gasteiger partial charge in [-0.1, -0.05) is 23.4 Å².